The van der Waals surface area contributed by atoms with Crippen LogP contribution in [0.5, 0.6) is 0 Å². The van der Waals surface area contributed by atoms with E-state index in [1.54, 1.807) is 0 Å². The Bertz CT molecular complexity index is 801. The minimum absolute atomic E-state index is 0.0686. The summed E-state index contributed by atoms with van der Waals surface area (Å²) in [4.78, 5) is 28.7. The van der Waals surface area contributed by atoms with Crippen LogP contribution in [0, 0.1) is 22.7 Å². The summed E-state index contributed by atoms with van der Waals surface area (Å²) in [6.07, 6.45) is 1.88. The van der Waals surface area contributed by atoms with Crippen molar-refractivity contribution in [2.24, 2.45) is 22.7 Å². The van der Waals surface area contributed by atoms with Gasteiger partial charge < -0.3 is 15.5 Å². The lowest BCUT2D eigenvalue weighted by atomic mass is 9.50. The zero-order valence-corrected chi connectivity index (χ0v) is 18.6. The number of piperidine rings is 2. The van der Waals surface area contributed by atoms with Crippen molar-refractivity contribution in [2.75, 3.05) is 11.9 Å². The number of carbonyl (C=O) groups is 2. The van der Waals surface area contributed by atoms with Crippen LogP contribution in [0.25, 0.3) is 0 Å². The molecule has 29 heavy (non-hydrogen) atoms. The molecule has 2 bridgehead atoms. The first-order chi connectivity index (χ1) is 13.5. The first-order valence-corrected chi connectivity index (χ1v) is 11.0. The fourth-order valence-electron chi connectivity index (χ4n) is 5.61. The molecule has 2 saturated heterocycles. The highest BCUT2D eigenvalue weighted by Crippen LogP contribution is 2.57. The van der Waals surface area contributed by atoms with Crippen LogP contribution in [0.1, 0.15) is 53.5 Å². The van der Waals surface area contributed by atoms with Crippen molar-refractivity contribution in [3.8, 4) is 0 Å². The monoisotopic (exact) mass is 397 g/mol. The summed E-state index contributed by atoms with van der Waals surface area (Å²) in [6, 6.07) is 7.38. The molecular weight excluding hydrogens is 362 g/mol. The summed E-state index contributed by atoms with van der Waals surface area (Å²) in [5.41, 5.74) is 2.13. The maximum Gasteiger partial charge on any atom is 0.245 e. The molecule has 5 rings (SSSR count). The third-order valence-electron chi connectivity index (χ3n) is 7.81. The number of hydrogen-bond acceptors (Lipinski definition) is 3. The lowest BCUT2D eigenvalue weighted by Gasteiger charge is -2.63. The molecule has 5 heteroatoms. The first kappa shape index (κ1) is 20.2. The highest BCUT2D eigenvalue weighted by Gasteiger charge is 2.57. The second-order valence-electron chi connectivity index (χ2n) is 11.0. The molecule has 1 aliphatic carbocycles. The smallest absolute Gasteiger partial charge is 0.245 e. The number of anilines is 1. The first-order valence-electron chi connectivity index (χ1n) is 11.0. The maximum absolute atomic E-state index is 13.6. The predicted molar refractivity (Wildman–Crippen MR) is 115 cm³/mol. The Morgan fingerprint density at radius 2 is 1.93 bits per heavy atom. The maximum atomic E-state index is 13.6. The Labute approximate surface area is 174 Å². The van der Waals surface area contributed by atoms with E-state index in [0.29, 0.717) is 23.7 Å². The molecule has 0 aromatic heterocycles. The van der Waals surface area contributed by atoms with Gasteiger partial charge in [0, 0.05) is 24.7 Å². The molecule has 2 N–H and O–H groups in total. The summed E-state index contributed by atoms with van der Waals surface area (Å²) >= 11 is 0. The van der Waals surface area contributed by atoms with Crippen LogP contribution in [0.15, 0.2) is 24.3 Å². The van der Waals surface area contributed by atoms with Crippen molar-refractivity contribution in [3.63, 3.8) is 0 Å². The number of para-hydroxylation sites is 1. The average molecular weight is 398 g/mol. The van der Waals surface area contributed by atoms with Crippen LogP contribution in [-0.2, 0) is 16.0 Å². The standard InChI is InChI=1S/C24H35N3O2/c1-14-17-12-16(24(17,5)6)13-27(14)22(29)20(23(2,3)4)26-21(28)19-11-15-9-7-8-10-18(15)25-19/h7-10,14,16-17,19-20,25H,11-13H2,1-6H3,(H,26,28)/t14-,16?,17+,19?,20-/m1/s1. The second-order valence-corrected chi connectivity index (χ2v) is 11.0. The van der Waals surface area contributed by atoms with Gasteiger partial charge in [0.25, 0.3) is 0 Å². The molecule has 1 saturated carbocycles. The predicted octanol–water partition coefficient (Wildman–Crippen LogP) is 3.45. The summed E-state index contributed by atoms with van der Waals surface area (Å²) < 4.78 is 0. The largest absolute Gasteiger partial charge is 0.373 e. The molecule has 5 nitrogen and oxygen atoms in total. The Balaban J connectivity index is 1.48. The van der Waals surface area contributed by atoms with E-state index in [4.69, 9.17) is 0 Å². The normalized spacial score (nSPS) is 30.6. The van der Waals surface area contributed by atoms with Gasteiger partial charge in [0.15, 0.2) is 0 Å². The van der Waals surface area contributed by atoms with Crippen LogP contribution in [0.3, 0.4) is 0 Å². The highest BCUT2D eigenvalue weighted by molar-refractivity contribution is 5.93. The Kier molecular flexibility index (Phi) is 4.71. The fraction of sp³-hybridized carbons (Fsp3) is 0.667. The molecule has 3 heterocycles. The molecule has 2 amide bonds. The van der Waals surface area contributed by atoms with Gasteiger partial charge in [-0.05, 0) is 47.6 Å². The van der Waals surface area contributed by atoms with Gasteiger partial charge >= 0.3 is 0 Å². The Morgan fingerprint density at radius 3 is 2.52 bits per heavy atom. The lowest BCUT2D eigenvalue weighted by Crippen LogP contribution is -2.68. The molecule has 4 aliphatic rings. The molecule has 158 valence electrons. The molecule has 1 aromatic carbocycles. The van der Waals surface area contributed by atoms with Gasteiger partial charge in [-0.25, -0.2) is 0 Å². The average Bonchev–Trinajstić information content (AvgIpc) is 3.08. The molecular formula is C24H35N3O2. The van der Waals surface area contributed by atoms with Gasteiger partial charge in [0.05, 0.1) is 0 Å². The summed E-state index contributed by atoms with van der Waals surface area (Å²) in [6.45, 7) is 13.7. The van der Waals surface area contributed by atoms with E-state index in [-0.39, 0.29) is 29.3 Å². The van der Waals surface area contributed by atoms with Crippen LogP contribution in [0.2, 0.25) is 0 Å². The molecule has 0 radical (unpaired) electrons. The third-order valence-corrected chi connectivity index (χ3v) is 7.81. The fourth-order valence-corrected chi connectivity index (χ4v) is 5.61. The van der Waals surface area contributed by atoms with Crippen molar-refractivity contribution in [1.82, 2.24) is 10.2 Å². The number of hydrogen-bond donors (Lipinski definition) is 2. The van der Waals surface area contributed by atoms with Gasteiger partial charge in [-0.15, -0.1) is 0 Å². The molecule has 2 unspecified atom stereocenters. The van der Waals surface area contributed by atoms with Crippen LogP contribution in [-0.4, -0.2) is 41.4 Å². The van der Waals surface area contributed by atoms with E-state index in [2.05, 4.69) is 31.4 Å². The van der Waals surface area contributed by atoms with E-state index in [1.165, 1.54) is 6.42 Å². The highest BCUT2D eigenvalue weighted by atomic mass is 16.2. The number of benzene rings is 1. The van der Waals surface area contributed by atoms with Gasteiger partial charge in [-0.1, -0.05) is 52.8 Å². The van der Waals surface area contributed by atoms with Crippen molar-refractivity contribution < 1.29 is 9.59 Å². The Morgan fingerprint density at radius 1 is 1.24 bits per heavy atom. The number of nitrogens with one attached hydrogen (secondary N) is 2. The number of fused-ring (bicyclic) bond motifs is 3. The lowest BCUT2D eigenvalue weighted by molar-refractivity contribution is -0.170. The van der Waals surface area contributed by atoms with Gasteiger partial charge in [0.2, 0.25) is 11.8 Å². The molecule has 5 atom stereocenters. The van der Waals surface area contributed by atoms with Crippen molar-refractivity contribution in [2.45, 2.75) is 72.5 Å². The third kappa shape index (κ3) is 3.32. The number of amides is 2. The summed E-state index contributed by atoms with van der Waals surface area (Å²) in [5, 5.41) is 6.42. The van der Waals surface area contributed by atoms with Gasteiger partial charge in [-0.3, -0.25) is 9.59 Å². The number of rotatable bonds is 3. The van der Waals surface area contributed by atoms with Crippen LogP contribution < -0.4 is 10.6 Å². The van der Waals surface area contributed by atoms with Gasteiger partial charge in [0.1, 0.15) is 12.1 Å². The van der Waals surface area contributed by atoms with E-state index < -0.39 is 6.04 Å². The van der Waals surface area contributed by atoms with E-state index in [9.17, 15) is 9.59 Å². The zero-order chi connectivity index (χ0) is 21.1. The molecule has 1 aromatic rings. The SMILES string of the molecule is C[C@@H]1[C@@H]2CC(CN1C(=O)[C@@H](NC(=O)C1Cc3ccccc3N1)C(C)(C)C)C2(C)C. The summed E-state index contributed by atoms with van der Waals surface area (Å²) in [5.74, 6) is 1.09. The topological polar surface area (TPSA) is 61.4 Å². The minimum Gasteiger partial charge on any atom is -0.373 e. The second kappa shape index (κ2) is 6.75. The number of nitrogens with zero attached hydrogens (tertiary/aromatic N) is 1. The van der Waals surface area contributed by atoms with Crippen molar-refractivity contribution in [1.29, 1.82) is 0 Å². The minimum atomic E-state index is -0.524. The van der Waals surface area contributed by atoms with E-state index in [1.807, 2.05) is 49.9 Å². The van der Waals surface area contributed by atoms with Crippen molar-refractivity contribution in [3.05, 3.63) is 29.8 Å². The van der Waals surface area contributed by atoms with E-state index in [0.717, 1.165) is 17.8 Å². The summed E-state index contributed by atoms with van der Waals surface area (Å²) in [7, 11) is 0. The van der Waals surface area contributed by atoms with Gasteiger partial charge in [-0.2, -0.15) is 0 Å². The quantitative estimate of drug-likeness (QED) is 0.821. The van der Waals surface area contributed by atoms with E-state index >= 15 is 0 Å². The number of carbonyl (C=O) groups excluding carboxylic acids is 2. The molecule has 0 spiro atoms. The van der Waals surface area contributed by atoms with Crippen LogP contribution in [0.4, 0.5) is 5.69 Å². The molecule has 3 fully saturated rings. The Hall–Kier alpha value is -2.04. The van der Waals surface area contributed by atoms with Crippen LogP contribution >= 0.6 is 0 Å². The van der Waals surface area contributed by atoms with Crippen molar-refractivity contribution >= 4 is 17.5 Å². The molecule has 3 aliphatic heterocycles. The zero-order valence-electron chi connectivity index (χ0n) is 18.6.